The summed E-state index contributed by atoms with van der Waals surface area (Å²) in [5.74, 6) is -1.03. The van der Waals surface area contributed by atoms with E-state index >= 15 is 0 Å². The molecule has 3 heterocycles. The van der Waals surface area contributed by atoms with Gasteiger partial charge in [-0.3, -0.25) is 14.9 Å². The molecule has 0 saturated carbocycles. The average molecular weight is 288 g/mol. The van der Waals surface area contributed by atoms with Crippen molar-refractivity contribution in [3.05, 3.63) is 41.0 Å². The lowest BCUT2D eigenvalue weighted by molar-refractivity contribution is 0.0702. The number of thiophene rings is 1. The number of carbonyl (C=O) groups is 2. The summed E-state index contributed by atoms with van der Waals surface area (Å²) in [6, 6.07) is 4.64. The highest BCUT2D eigenvalue weighted by molar-refractivity contribution is 7.20. The molecule has 100 valence electrons. The first-order chi connectivity index (χ1) is 9.65. The number of aromatic carboxylic acids is 1. The van der Waals surface area contributed by atoms with Crippen LogP contribution in [0.15, 0.2) is 30.6 Å². The Hall–Kier alpha value is -2.74. The molecule has 3 N–H and O–H groups in total. The van der Waals surface area contributed by atoms with Crippen LogP contribution in [0.2, 0.25) is 0 Å². The number of rotatable bonds is 3. The first-order valence-corrected chi connectivity index (χ1v) is 6.39. The number of nitrogens with zero attached hydrogens (tertiary/aromatic N) is 2. The van der Waals surface area contributed by atoms with E-state index in [1.807, 2.05) is 0 Å². The fourth-order valence-electron chi connectivity index (χ4n) is 1.70. The summed E-state index contributed by atoms with van der Waals surface area (Å²) < 4.78 is 0. The Morgan fingerprint density at radius 3 is 2.75 bits per heavy atom. The predicted molar refractivity (Wildman–Crippen MR) is 73.1 cm³/mol. The molecule has 0 bridgehead atoms. The Bertz CT molecular complexity index is 794. The zero-order chi connectivity index (χ0) is 14.1. The largest absolute Gasteiger partial charge is 0.477 e. The number of aromatic nitrogens is 3. The number of amides is 1. The van der Waals surface area contributed by atoms with Gasteiger partial charge in [-0.25, -0.2) is 4.79 Å². The summed E-state index contributed by atoms with van der Waals surface area (Å²) in [5.41, 5.74) is 0.449. The van der Waals surface area contributed by atoms with E-state index in [1.54, 1.807) is 12.1 Å². The average Bonchev–Trinajstić information content (AvgIpc) is 3.02. The van der Waals surface area contributed by atoms with E-state index in [0.717, 1.165) is 11.3 Å². The van der Waals surface area contributed by atoms with Gasteiger partial charge in [-0.05, 0) is 18.2 Å². The van der Waals surface area contributed by atoms with Crippen molar-refractivity contribution in [2.45, 2.75) is 0 Å². The van der Waals surface area contributed by atoms with Crippen molar-refractivity contribution in [3.8, 4) is 0 Å². The highest BCUT2D eigenvalue weighted by atomic mass is 32.1. The van der Waals surface area contributed by atoms with Gasteiger partial charge in [-0.2, -0.15) is 5.10 Å². The van der Waals surface area contributed by atoms with Crippen molar-refractivity contribution in [1.82, 2.24) is 15.2 Å². The number of carboxylic acid groups (broad SMARTS) is 1. The van der Waals surface area contributed by atoms with E-state index in [0.29, 0.717) is 21.6 Å². The lowest BCUT2D eigenvalue weighted by Gasteiger charge is -2.01. The van der Waals surface area contributed by atoms with E-state index in [9.17, 15) is 9.59 Å². The molecular weight excluding hydrogens is 280 g/mol. The highest BCUT2D eigenvalue weighted by Gasteiger charge is 2.16. The Labute approximate surface area is 116 Å². The molecule has 3 rings (SSSR count). The van der Waals surface area contributed by atoms with Crippen molar-refractivity contribution in [2.75, 3.05) is 5.32 Å². The number of nitrogens with one attached hydrogen (secondary N) is 2. The Balaban J connectivity index is 1.91. The lowest BCUT2D eigenvalue weighted by atomic mass is 10.2. The van der Waals surface area contributed by atoms with Crippen molar-refractivity contribution >= 4 is 39.2 Å². The third-order valence-electron chi connectivity index (χ3n) is 2.64. The Morgan fingerprint density at radius 1 is 1.30 bits per heavy atom. The summed E-state index contributed by atoms with van der Waals surface area (Å²) in [7, 11) is 0. The maximum Gasteiger partial charge on any atom is 0.345 e. The molecule has 3 aromatic rings. The molecule has 0 atom stereocenters. The Morgan fingerprint density at radius 2 is 2.05 bits per heavy atom. The number of pyridine rings is 1. The maximum absolute atomic E-state index is 12.0. The van der Waals surface area contributed by atoms with Crippen LogP contribution in [-0.4, -0.2) is 32.2 Å². The number of anilines is 1. The molecule has 0 unspecified atom stereocenters. The summed E-state index contributed by atoms with van der Waals surface area (Å²) >= 11 is 1.07. The summed E-state index contributed by atoms with van der Waals surface area (Å²) in [6.07, 6.45) is 3.03. The predicted octanol–water partition coefficient (Wildman–Crippen LogP) is 1.97. The van der Waals surface area contributed by atoms with Crippen LogP contribution in [0.25, 0.3) is 10.2 Å². The van der Waals surface area contributed by atoms with Gasteiger partial charge >= 0.3 is 5.97 Å². The van der Waals surface area contributed by atoms with E-state index in [-0.39, 0.29) is 10.8 Å². The molecule has 0 spiro atoms. The second kappa shape index (κ2) is 4.74. The van der Waals surface area contributed by atoms with Gasteiger partial charge in [0.15, 0.2) is 5.82 Å². The van der Waals surface area contributed by atoms with Gasteiger partial charge in [-0.1, -0.05) is 0 Å². The normalized spacial score (nSPS) is 10.6. The van der Waals surface area contributed by atoms with Crippen LogP contribution in [0, 0.1) is 0 Å². The molecule has 0 aliphatic carbocycles. The van der Waals surface area contributed by atoms with E-state index in [4.69, 9.17) is 5.11 Å². The fourth-order valence-corrected chi connectivity index (χ4v) is 2.54. The minimum atomic E-state index is -1.01. The van der Waals surface area contributed by atoms with Crippen LogP contribution < -0.4 is 5.32 Å². The number of H-pyrrole nitrogens is 1. The van der Waals surface area contributed by atoms with Gasteiger partial charge in [-0.15, -0.1) is 11.3 Å². The fraction of sp³-hybridized carbons (Fsp3) is 0. The molecule has 0 saturated heterocycles. The van der Waals surface area contributed by atoms with Gasteiger partial charge in [0.2, 0.25) is 0 Å². The second-order valence-electron chi connectivity index (χ2n) is 3.92. The van der Waals surface area contributed by atoms with Gasteiger partial charge in [0, 0.05) is 18.0 Å². The topological polar surface area (TPSA) is 108 Å². The third-order valence-corrected chi connectivity index (χ3v) is 3.67. The third kappa shape index (κ3) is 2.12. The van der Waals surface area contributed by atoms with Gasteiger partial charge in [0.25, 0.3) is 5.91 Å². The molecule has 3 aromatic heterocycles. The van der Waals surface area contributed by atoms with Crippen molar-refractivity contribution in [3.63, 3.8) is 0 Å². The monoisotopic (exact) mass is 288 g/mol. The number of carbonyl (C=O) groups excluding carboxylic acids is 1. The molecule has 0 radical (unpaired) electrons. The van der Waals surface area contributed by atoms with Crippen molar-refractivity contribution < 1.29 is 14.7 Å². The van der Waals surface area contributed by atoms with Gasteiger partial charge in [0.05, 0.1) is 5.39 Å². The maximum atomic E-state index is 12.0. The standard InChI is InChI=1S/C12H8N4O3S/c17-10(6-1-3-13-4-2-6)14-9-7-5-8(12(18)19)20-11(7)16-15-9/h1-5H,(H,18,19)(H2,14,15,16,17). The molecule has 7 nitrogen and oxygen atoms in total. The summed E-state index contributed by atoms with van der Waals surface area (Å²) in [4.78, 5) is 27.5. The number of carboxylic acids is 1. The lowest BCUT2D eigenvalue weighted by Crippen LogP contribution is -2.12. The van der Waals surface area contributed by atoms with E-state index < -0.39 is 5.97 Å². The first-order valence-electron chi connectivity index (χ1n) is 5.58. The SMILES string of the molecule is O=C(Nc1n[nH]c2sc(C(=O)O)cc12)c1ccncc1. The number of hydrogen-bond donors (Lipinski definition) is 3. The molecule has 8 heteroatoms. The second-order valence-corrected chi connectivity index (χ2v) is 4.97. The van der Waals surface area contributed by atoms with Crippen LogP contribution in [0.3, 0.4) is 0 Å². The molecular formula is C12H8N4O3S. The molecule has 0 aliphatic heterocycles. The van der Waals surface area contributed by atoms with Crippen LogP contribution in [0.4, 0.5) is 5.82 Å². The zero-order valence-corrected chi connectivity index (χ0v) is 10.8. The van der Waals surface area contributed by atoms with Crippen LogP contribution in [0.1, 0.15) is 20.0 Å². The Kier molecular flexibility index (Phi) is 2.92. The first kappa shape index (κ1) is 12.3. The minimum absolute atomic E-state index is 0.188. The van der Waals surface area contributed by atoms with Crippen LogP contribution >= 0.6 is 11.3 Å². The molecule has 0 aromatic carbocycles. The number of fused-ring (bicyclic) bond motifs is 1. The molecule has 0 aliphatic rings. The quantitative estimate of drug-likeness (QED) is 0.683. The smallest absolute Gasteiger partial charge is 0.345 e. The van der Waals surface area contributed by atoms with Crippen molar-refractivity contribution in [2.24, 2.45) is 0 Å². The summed E-state index contributed by atoms with van der Waals surface area (Å²) in [6.45, 7) is 0. The van der Waals surface area contributed by atoms with Gasteiger partial charge in [0.1, 0.15) is 9.71 Å². The highest BCUT2D eigenvalue weighted by Crippen LogP contribution is 2.29. The number of hydrogen-bond acceptors (Lipinski definition) is 5. The molecule has 0 fully saturated rings. The molecule has 20 heavy (non-hydrogen) atoms. The minimum Gasteiger partial charge on any atom is -0.477 e. The van der Waals surface area contributed by atoms with Gasteiger partial charge < -0.3 is 10.4 Å². The molecule has 1 amide bonds. The number of aromatic amines is 1. The van der Waals surface area contributed by atoms with Crippen molar-refractivity contribution in [1.29, 1.82) is 0 Å². The van der Waals surface area contributed by atoms with E-state index in [1.165, 1.54) is 18.5 Å². The van der Waals surface area contributed by atoms with Crippen LogP contribution in [0.5, 0.6) is 0 Å². The summed E-state index contributed by atoms with van der Waals surface area (Å²) in [5, 5.41) is 18.8. The van der Waals surface area contributed by atoms with E-state index in [2.05, 4.69) is 20.5 Å². The zero-order valence-electron chi connectivity index (χ0n) is 9.95. The van der Waals surface area contributed by atoms with Crippen LogP contribution in [-0.2, 0) is 0 Å².